The molecule has 3 rings (SSSR count). The molecule has 0 bridgehead atoms. The summed E-state index contributed by atoms with van der Waals surface area (Å²) in [5, 5.41) is 10.9. The van der Waals surface area contributed by atoms with Gasteiger partial charge in [0, 0.05) is 6.54 Å². The lowest BCUT2D eigenvalue weighted by atomic mass is 10.1. The molecule has 6 nitrogen and oxygen atoms in total. The summed E-state index contributed by atoms with van der Waals surface area (Å²) in [4.78, 5) is 7.29. The monoisotopic (exact) mass is 364 g/mol. The standard InChI is InChI=1S/C17H19F3N6/c1-11(2)8-9-21-14-13-15(23-16(22-14)17(18,19)20)26(25-24-13)10-12-6-4-3-5-7-12/h3-7,11H,8-10H2,1-2H3,(H,21,22,23). The second kappa shape index (κ2) is 7.27. The minimum atomic E-state index is -4.65. The number of nitrogens with zero attached hydrogens (tertiary/aromatic N) is 5. The summed E-state index contributed by atoms with van der Waals surface area (Å²) >= 11 is 0. The van der Waals surface area contributed by atoms with Gasteiger partial charge in [0.15, 0.2) is 17.0 Å². The summed E-state index contributed by atoms with van der Waals surface area (Å²) in [5.74, 6) is -0.730. The minimum absolute atomic E-state index is 0.0577. The third-order valence-electron chi connectivity index (χ3n) is 3.81. The van der Waals surface area contributed by atoms with E-state index < -0.39 is 12.0 Å². The van der Waals surface area contributed by atoms with E-state index in [-0.39, 0.29) is 23.5 Å². The van der Waals surface area contributed by atoms with E-state index in [1.165, 1.54) is 4.68 Å². The highest BCUT2D eigenvalue weighted by atomic mass is 19.4. The van der Waals surface area contributed by atoms with E-state index >= 15 is 0 Å². The molecule has 1 aromatic carbocycles. The fourth-order valence-corrected chi connectivity index (χ4v) is 2.45. The molecule has 0 radical (unpaired) electrons. The van der Waals surface area contributed by atoms with Gasteiger partial charge in [-0.2, -0.15) is 13.2 Å². The number of nitrogens with one attached hydrogen (secondary N) is 1. The molecule has 0 amide bonds. The largest absolute Gasteiger partial charge is 0.451 e. The van der Waals surface area contributed by atoms with Crippen molar-refractivity contribution in [1.29, 1.82) is 0 Å². The van der Waals surface area contributed by atoms with E-state index in [4.69, 9.17) is 0 Å². The molecule has 2 heterocycles. The van der Waals surface area contributed by atoms with Crippen LogP contribution in [0.1, 0.15) is 31.7 Å². The van der Waals surface area contributed by atoms with E-state index in [0.717, 1.165) is 12.0 Å². The van der Waals surface area contributed by atoms with Gasteiger partial charge in [-0.15, -0.1) is 5.10 Å². The first kappa shape index (κ1) is 18.1. The normalized spacial score (nSPS) is 12.1. The number of halogens is 3. The van der Waals surface area contributed by atoms with Crippen LogP contribution in [0.4, 0.5) is 19.0 Å². The number of anilines is 1. The van der Waals surface area contributed by atoms with Gasteiger partial charge in [0.25, 0.3) is 0 Å². The maximum absolute atomic E-state index is 13.2. The maximum atomic E-state index is 13.2. The van der Waals surface area contributed by atoms with Crippen molar-refractivity contribution < 1.29 is 13.2 Å². The summed E-state index contributed by atoms with van der Waals surface area (Å²) in [6, 6.07) is 9.29. The average Bonchev–Trinajstić information content (AvgIpc) is 2.98. The molecule has 0 saturated heterocycles. The van der Waals surface area contributed by atoms with Crippen LogP contribution in [-0.2, 0) is 12.7 Å². The van der Waals surface area contributed by atoms with Crippen molar-refractivity contribution in [2.45, 2.75) is 33.0 Å². The Hall–Kier alpha value is -2.71. The van der Waals surface area contributed by atoms with Crippen LogP contribution in [0, 0.1) is 5.92 Å². The Kier molecular flexibility index (Phi) is 5.06. The van der Waals surface area contributed by atoms with Gasteiger partial charge in [0.1, 0.15) is 0 Å². The molecule has 0 aliphatic heterocycles. The second-order valence-corrected chi connectivity index (χ2v) is 6.41. The molecule has 2 aromatic heterocycles. The quantitative estimate of drug-likeness (QED) is 0.721. The van der Waals surface area contributed by atoms with Crippen molar-refractivity contribution in [1.82, 2.24) is 25.0 Å². The van der Waals surface area contributed by atoms with Gasteiger partial charge in [-0.3, -0.25) is 0 Å². The highest BCUT2D eigenvalue weighted by molar-refractivity contribution is 5.82. The molecular weight excluding hydrogens is 345 g/mol. The highest BCUT2D eigenvalue weighted by Crippen LogP contribution is 2.29. The second-order valence-electron chi connectivity index (χ2n) is 6.41. The number of rotatable bonds is 6. The van der Waals surface area contributed by atoms with Crippen LogP contribution in [0.5, 0.6) is 0 Å². The Balaban J connectivity index is 2.00. The highest BCUT2D eigenvalue weighted by Gasteiger charge is 2.36. The topological polar surface area (TPSA) is 68.5 Å². The minimum Gasteiger partial charge on any atom is -0.368 e. The lowest BCUT2D eigenvalue weighted by Crippen LogP contribution is -2.15. The van der Waals surface area contributed by atoms with Gasteiger partial charge < -0.3 is 5.32 Å². The molecule has 0 saturated carbocycles. The maximum Gasteiger partial charge on any atom is 0.451 e. The van der Waals surface area contributed by atoms with Gasteiger partial charge in [-0.1, -0.05) is 49.4 Å². The van der Waals surface area contributed by atoms with Crippen molar-refractivity contribution in [2.75, 3.05) is 11.9 Å². The van der Waals surface area contributed by atoms with E-state index in [1.807, 2.05) is 44.2 Å². The van der Waals surface area contributed by atoms with Gasteiger partial charge in [-0.25, -0.2) is 14.6 Å². The van der Waals surface area contributed by atoms with Crippen LogP contribution >= 0.6 is 0 Å². The van der Waals surface area contributed by atoms with Gasteiger partial charge >= 0.3 is 6.18 Å². The Labute approximate surface area is 148 Å². The Bertz CT molecular complexity index is 873. The Morgan fingerprint density at radius 3 is 2.50 bits per heavy atom. The molecule has 26 heavy (non-hydrogen) atoms. The molecule has 0 aliphatic carbocycles. The van der Waals surface area contributed by atoms with Crippen molar-refractivity contribution in [2.24, 2.45) is 5.92 Å². The zero-order valence-electron chi connectivity index (χ0n) is 14.5. The molecule has 0 spiro atoms. The smallest absolute Gasteiger partial charge is 0.368 e. The van der Waals surface area contributed by atoms with E-state index in [0.29, 0.717) is 12.5 Å². The van der Waals surface area contributed by atoms with Crippen molar-refractivity contribution in [3.05, 3.63) is 41.7 Å². The van der Waals surface area contributed by atoms with Gasteiger partial charge in [0.05, 0.1) is 6.54 Å². The molecular formula is C17H19F3N6. The molecule has 1 N–H and O–H groups in total. The molecule has 0 fully saturated rings. The van der Waals surface area contributed by atoms with Crippen LogP contribution in [0.25, 0.3) is 11.2 Å². The van der Waals surface area contributed by atoms with Crippen molar-refractivity contribution in [3.63, 3.8) is 0 Å². The number of alkyl halides is 3. The number of aromatic nitrogens is 5. The summed E-state index contributed by atoms with van der Waals surface area (Å²) in [6.07, 6.45) is -3.85. The van der Waals surface area contributed by atoms with Gasteiger partial charge in [-0.05, 0) is 17.9 Å². The summed E-state index contributed by atoms with van der Waals surface area (Å²) in [6.45, 7) is 4.84. The van der Waals surface area contributed by atoms with E-state index in [1.54, 1.807) is 0 Å². The summed E-state index contributed by atoms with van der Waals surface area (Å²) < 4.78 is 41.0. The number of hydrogen-bond acceptors (Lipinski definition) is 5. The average molecular weight is 364 g/mol. The fraction of sp³-hybridized carbons (Fsp3) is 0.412. The molecule has 0 unspecified atom stereocenters. The first-order valence-corrected chi connectivity index (χ1v) is 8.31. The van der Waals surface area contributed by atoms with Crippen LogP contribution in [0.3, 0.4) is 0 Å². The number of benzene rings is 1. The van der Waals surface area contributed by atoms with Crippen LogP contribution in [-0.4, -0.2) is 31.5 Å². The Morgan fingerprint density at radius 1 is 1.12 bits per heavy atom. The lowest BCUT2D eigenvalue weighted by molar-refractivity contribution is -0.144. The van der Waals surface area contributed by atoms with Gasteiger partial charge in [0.2, 0.25) is 5.82 Å². The molecule has 0 aliphatic rings. The van der Waals surface area contributed by atoms with Crippen LogP contribution in [0.15, 0.2) is 30.3 Å². The lowest BCUT2D eigenvalue weighted by Gasteiger charge is -2.11. The summed E-state index contributed by atoms with van der Waals surface area (Å²) in [5.41, 5.74) is 1.18. The van der Waals surface area contributed by atoms with Crippen LogP contribution in [0.2, 0.25) is 0 Å². The van der Waals surface area contributed by atoms with Crippen molar-refractivity contribution in [3.8, 4) is 0 Å². The number of hydrogen-bond donors (Lipinski definition) is 1. The predicted molar refractivity (Wildman–Crippen MR) is 91.6 cm³/mol. The fourth-order valence-electron chi connectivity index (χ4n) is 2.45. The first-order chi connectivity index (χ1) is 12.3. The molecule has 138 valence electrons. The van der Waals surface area contributed by atoms with Crippen LogP contribution < -0.4 is 5.32 Å². The molecule has 9 heteroatoms. The number of fused-ring (bicyclic) bond motifs is 1. The third-order valence-corrected chi connectivity index (χ3v) is 3.81. The molecule has 0 atom stereocenters. The Morgan fingerprint density at radius 2 is 1.85 bits per heavy atom. The first-order valence-electron chi connectivity index (χ1n) is 8.31. The SMILES string of the molecule is CC(C)CCNc1nc(C(F)(F)F)nc2c1nnn2Cc1ccccc1. The predicted octanol–water partition coefficient (Wildman–Crippen LogP) is 3.75. The summed E-state index contributed by atoms with van der Waals surface area (Å²) in [7, 11) is 0. The van der Waals surface area contributed by atoms with Crippen molar-refractivity contribution >= 4 is 17.0 Å². The zero-order chi connectivity index (χ0) is 18.7. The van der Waals surface area contributed by atoms with E-state index in [9.17, 15) is 13.2 Å². The molecule has 3 aromatic rings. The zero-order valence-corrected chi connectivity index (χ0v) is 14.5. The third kappa shape index (κ3) is 4.09. The van der Waals surface area contributed by atoms with E-state index in [2.05, 4.69) is 25.6 Å².